The lowest BCUT2D eigenvalue weighted by Crippen LogP contribution is -2.56. The lowest BCUT2D eigenvalue weighted by Gasteiger charge is -2.45. The number of hydrogen-bond donors (Lipinski definition) is 0. The normalized spacial score (nSPS) is 36.3. The second kappa shape index (κ2) is 4.36. The van der Waals surface area contributed by atoms with Crippen LogP contribution < -0.4 is 0 Å². The summed E-state index contributed by atoms with van der Waals surface area (Å²) in [4.78, 5) is 23.6. The number of ether oxygens (including phenoxy) is 2. The molecule has 2 aliphatic rings. The summed E-state index contributed by atoms with van der Waals surface area (Å²) in [6.45, 7) is 4.71. The minimum atomic E-state index is -4.70. The third kappa shape index (κ3) is 2.30. The molecule has 2 rings (SSSR count). The fourth-order valence-electron chi connectivity index (χ4n) is 2.77. The summed E-state index contributed by atoms with van der Waals surface area (Å²) in [5, 5.41) is 0. The molecule has 0 aromatic heterocycles. The van der Waals surface area contributed by atoms with E-state index in [1.54, 1.807) is 6.92 Å². The van der Waals surface area contributed by atoms with Crippen LogP contribution in [0, 0.1) is 11.3 Å². The first kappa shape index (κ1) is 16.1. The minimum absolute atomic E-state index is 0.252. The first-order valence-corrected chi connectivity index (χ1v) is 6.85. The van der Waals surface area contributed by atoms with Crippen LogP contribution in [0.2, 0.25) is 0 Å². The van der Waals surface area contributed by atoms with Crippen molar-refractivity contribution in [1.82, 2.24) is 0 Å². The maximum atomic E-state index is 12.9. The van der Waals surface area contributed by atoms with E-state index < -0.39 is 28.8 Å². The van der Waals surface area contributed by atoms with Crippen molar-refractivity contribution in [2.45, 2.75) is 64.3 Å². The van der Waals surface area contributed by atoms with Crippen molar-refractivity contribution in [3.63, 3.8) is 0 Å². The van der Waals surface area contributed by atoms with Gasteiger partial charge in [-0.15, -0.1) is 0 Å². The van der Waals surface area contributed by atoms with E-state index in [0.29, 0.717) is 19.3 Å². The number of rotatable bonds is 2. The monoisotopic (exact) mass is 308 g/mol. The number of hydrogen-bond acceptors (Lipinski definition) is 4. The molecule has 2 bridgehead atoms. The highest BCUT2D eigenvalue weighted by Crippen LogP contribution is 2.51. The summed E-state index contributed by atoms with van der Waals surface area (Å²) in [5.74, 6) is -1.97. The van der Waals surface area contributed by atoms with Gasteiger partial charge in [0.25, 0.3) is 0 Å². The van der Waals surface area contributed by atoms with E-state index >= 15 is 0 Å². The molecule has 2 fully saturated rings. The zero-order chi connectivity index (χ0) is 16.3. The molecule has 0 N–H and O–H groups in total. The molecule has 21 heavy (non-hydrogen) atoms. The van der Waals surface area contributed by atoms with E-state index in [9.17, 15) is 22.8 Å². The molecule has 3 unspecified atom stereocenters. The van der Waals surface area contributed by atoms with Crippen LogP contribution in [0.1, 0.15) is 47.0 Å². The van der Waals surface area contributed by atoms with Gasteiger partial charge in [-0.2, -0.15) is 13.2 Å². The van der Waals surface area contributed by atoms with E-state index in [0.717, 1.165) is 13.8 Å². The average Bonchev–Trinajstić information content (AvgIpc) is 2.57. The van der Waals surface area contributed by atoms with Crippen molar-refractivity contribution in [2.24, 2.45) is 11.3 Å². The van der Waals surface area contributed by atoms with Gasteiger partial charge in [0.2, 0.25) is 0 Å². The first-order valence-electron chi connectivity index (χ1n) is 6.85. The van der Waals surface area contributed by atoms with Crippen LogP contribution in [-0.2, 0) is 19.1 Å². The number of carbonyl (C=O) groups excluding carboxylic acids is 2. The van der Waals surface area contributed by atoms with Gasteiger partial charge in [0.1, 0.15) is 11.2 Å². The molecule has 1 aliphatic carbocycles. The van der Waals surface area contributed by atoms with Gasteiger partial charge in [-0.25, -0.2) is 0 Å². The molecule has 7 heteroatoms. The molecule has 0 aromatic carbocycles. The van der Waals surface area contributed by atoms with Crippen molar-refractivity contribution < 1.29 is 32.2 Å². The van der Waals surface area contributed by atoms with E-state index in [1.807, 2.05) is 0 Å². The largest absolute Gasteiger partial charge is 0.455 e. The van der Waals surface area contributed by atoms with Crippen molar-refractivity contribution in [1.29, 1.82) is 0 Å². The van der Waals surface area contributed by atoms with Gasteiger partial charge in [0.15, 0.2) is 5.41 Å². The van der Waals surface area contributed by atoms with Crippen LogP contribution in [0.3, 0.4) is 0 Å². The topological polar surface area (TPSA) is 52.6 Å². The van der Waals surface area contributed by atoms with Crippen LogP contribution in [0.15, 0.2) is 0 Å². The third-order valence-electron chi connectivity index (χ3n) is 4.92. The standard InChI is InChI=1S/C14H19F3O4/c1-11(2,14(15,16)17)10(19)21-12(3)6-5-8-7-13(12,4)20-9(8)18/h8H,5-7H2,1-4H3. The molecule has 1 saturated heterocycles. The highest BCUT2D eigenvalue weighted by Gasteiger charge is 2.63. The Hall–Kier alpha value is -1.27. The SMILES string of the molecule is CC12CC(CCC1(C)OC(=O)C(C)(C)C(F)(F)F)C(=O)O2. The van der Waals surface area contributed by atoms with Gasteiger partial charge in [0.05, 0.1) is 5.92 Å². The number of fused-ring (bicyclic) bond motifs is 2. The fourth-order valence-corrected chi connectivity index (χ4v) is 2.77. The summed E-state index contributed by atoms with van der Waals surface area (Å²) < 4.78 is 49.3. The maximum absolute atomic E-state index is 12.9. The summed E-state index contributed by atoms with van der Waals surface area (Å²) in [7, 11) is 0. The molecule has 0 radical (unpaired) electrons. The smallest absolute Gasteiger partial charge is 0.404 e. The van der Waals surface area contributed by atoms with E-state index in [2.05, 4.69) is 0 Å². The highest BCUT2D eigenvalue weighted by molar-refractivity contribution is 5.79. The lowest BCUT2D eigenvalue weighted by molar-refractivity contribution is -0.244. The summed E-state index contributed by atoms with van der Waals surface area (Å²) in [5.41, 5.74) is -4.91. The van der Waals surface area contributed by atoms with Crippen molar-refractivity contribution in [2.75, 3.05) is 0 Å². The van der Waals surface area contributed by atoms with Gasteiger partial charge in [-0.05, 0) is 40.5 Å². The number of alkyl halides is 3. The van der Waals surface area contributed by atoms with E-state index in [4.69, 9.17) is 9.47 Å². The zero-order valence-corrected chi connectivity index (χ0v) is 12.5. The van der Waals surface area contributed by atoms with Gasteiger partial charge in [0, 0.05) is 6.42 Å². The highest BCUT2D eigenvalue weighted by atomic mass is 19.4. The molecule has 1 heterocycles. The maximum Gasteiger partial charge on any atom is 0.404 e. The molecular formula is C14H19F3O4. The Bertz CT molecular complexity index is 485. The molecular weight excluding hydrogens is 289 g/mol. The van der Waals surface area contributed by atoms with Crippen molar-refractivity contribution >= 4 is 11.9 Å². The quantitative estimate of drug-likeness (QED) is 0.736. The number of halogens is 3. The Morgan fingerprint density at radius 3 is 2.43 bits per heavy atom. The third-order valence-corrected chi connectivity index (χ3v) is 4.92. The summed E-state index contributed by atoms with van der Waals surface area (Å²) in [6, 6.07) is 0. The molecule has 4 nitrogen and oxygen atoms in total. The summed E-state index contributed by atoms with van der Waals surface area (Å²) in [6.07, 6.45) is -3.59. The first-order chi connectivity index (χ1) is 9.32. The fraction of sp³-hybridized carbons (Fsp3) is 0.857. The van der Waals surface area contributed by atoms with Gasteiger partial charge >= 0.3 is 18.1 Å². The number of carbonyl (C=O) groups is 2. The van der Waals surface area contributed by atoms with Crippen LogP contribution in [-0.4, -0.2) is 29.3 Å². The Morgan fingerprint density at radius 1 is 1.33 bits per heavy atom. The van der Waals surface area contributed by atoms with Crippen molar-refractivity contribution in [3.8, 4) is 0 Å². The lowest BCUT2D eigenvalue weighted by atomic mass is 9.71. The second-order valence-electron chi connectivity index (χ2n) is 6.83. The average molecular weight is 308 g/mol. The Labute approximate surface area is 121 Å². The van der Waals surface area contributed by atoms with Crippen molar-refractivity contribution in [3.05, 3.63) is 0 Å². The molecule has 3 atom stereocenters. The molecule has 1 aliphatic heterocycles. The van der Waals surface area contributed by atoms with Crippen LogP contribution >= 0.6 is 0 Å². The van der Waals surface area contributed by atoms with Gasteiger partial charge < -0.3 is 9.47 Å². The summed E-state index contributed by atoms with van der Waals surface area (Å²) >= 11 is 0. The zero-order valence-electron chi connectivity index (χ0n) is 12.5. The van der Waals surface area contributed by atoms with Gasteiger partial charge in [-0.3, -0.25) is 9.59 Å². The van der Waals surface area contributed by atoms with Gasteiger partial charge in [-0.1, -0.05) is 0 Å². The molecule has 0 spiro atoms. The van der Waals surface area contributed by atoms with E-state index in [-0.39, 0.29) is 11.9 Å². The predicted molar refractivity (Wildman–Crippen MR) is 66.2 cm³/mol. The molecule has 0 aromatic rings. The van der Waals surface area contributed by atoms with Crippen LogP contribution in [0.5, 0.6) is 0 Å². The minimum Gasteiger partial charge on any atom is -0.455 e. The Kier molecular flexibility index (Phi) is 3.35. The second-order valence-corrected chi connectivity index (χ2v) is 6.83. The molecule has 120 valence electrons. The number of esters is 2. The Morgan fingerprint density at radius 2 is 1.90 bits per heavy atom. The van der Waals surface area contributed by atoms with Crippen LogP contribution in [0.25, 0.3) is 0 Å². The molecule has 1 saturated carbocycles. The van der Waals surface area contributed by atoms with Crippen LogP contribution in [0.4, 0.5) is 13.2 Å². The van der Waals surface area contributed by atoms with E-state index in [1.165, 1.54) is 6.92 Å². The molecule has 0 amide bonds. The Balaban J connectivity index is 2.23. The predicted octanol–water partition coefficient (Wildman–Crippen LogP) is 2.99.